The SMILES string of the molecule is CCOCCCNC(=O)[C@H]1CCCN1C(=O)Nc1ccccc1F. The summed E-state index contributed by atoms with van der Waals surface area (Å²) >= 11 is 0. The van der Waals surface area contributed by atoms with E-state index in [0.29, 0.717) is 32.7 Å². The Kier molecular flexibility index (Phi) is 6.99. The fourth-order valence-corrected chi connectivity index (χ4v) is 2.68. The third-order valence-corrected chi connectivity index (χ3v) is 3.90. The highest BCUT2D eigenvalue weighted by Crippen LogP contribution is 2.20. The Morgan fingerprint density at radius 1 is 1.38 bits per heavy atom. The fourth-order valence-electron chi connectivity index (χ4n) is 2.68. The summed E-state index contributed by atoms with van der Waals surface area (Å²) in [4.78, 5) is 26.1. The van der Waals surface area contributed by atoms with Gasteiger partial charge in [0.15, 0.2) is 0 Å². The molecule has 0 bridgehead atoms. The molecule has 1 aliphatic heterocycles. The molecule has 0 radical (unpaired) electrons. The van der Waals surface area contributed by atoms with E-state index < -0.39 is 17.9 Å². The van der Waals surface area contributed by atoms with Gasteiger partial charge in [0, 0.05) is 26.3 Å². The van der Waals surface area contributed by atoms with Crippen LogP contribution in [-0.2, 0) is 9.53 Å². The summed E-state index contributed by atoms with van der Waals surface area (Å²) in [5.74, 6) is -0.672. The van der Waals surface area contributed by atoms with E-state index in [1.165, 1.54) is 17.0 Å². The number of carbonyl (C=O) groups is 2. The predicted octanol–water partition coefficient (Wildman–Crippen LogP) is 2.36. The number of carbonyl (C=O) groups excluding carboxylic acids is 2. The van der Waals surface area contributed by atoms with Crippen molar-refractivity contribution in [1.82, 2.24) is 10.2 Å². The van der Waals surface area contributed by atoms with Gasteiger partial charge in [-0.2, -0.15) is 0 Å². The normalized spacial score (nSPS) is 16.9. The van der Waals surface area contributed by atoms with Crippen LogP contribution >= 0.6 is 0 Å². The number of para-hydroxylation sites is 1. The molecule has 3 amide bonds. The number of anilines is 1. The average Bonchev–Trinajstić information content (AvgIpc) is 3.06. The highest BCUT2D eigenvalue weighted by atomic mass is 19.1. The molecule has 1 aliphatic rings. The third kappa shape index (κ3) is 4.92. The number of amides is 3. The van der Waals surface area contributed by atoms with Gasteiger partial charge >= 0.3 is 6.03 Å². The molecule has 0 aromatic heterocycles. The molecular formula is C17H24FN3O3. The molecule has 0 aliphatic carbocycles. The van der Waals surface area contributed by atoms with E-state index in [4.69, 9.17) is 4.74 Å². The minimum absolute atomic E-state index is 0.116. The van der Waals surface area contributed by atoms with Crippen molar-refractivity contribution in [3.05, 3.63) is 30.1 Å². The first-order valence-corrected chi connectivity index (χ1v) is 8.31. The second-order valence-corrected chi connectivity index (χ2v) is 5.60. The van der Waals surface area contributed by atoms with Crippen molar-refractivity contribution in [3.8, 4) is 0 Å². The van der Waals surface area contributed by atoms with E-state index in [2.05, 4.69) is 10.6 Å². The Morgan fingerprint density at radius 2 is 2.17 bits per heavy atom. The number of nitrogens with one attached hydrogen (secondary N) is 2. The number of hydrogen-bond donors (Lipinski definition) is 2. The maximum atomic E-state index is 13.6. The molecule has 1 atom stereocenters. The summed E-state index contributed by atoms with van der Waals surface area (Å²) in [6, 6.07) is 5.01. The lowest BCUT2D eigenvalue weighted by Gasteiger charge is -2.24. The van der Waals surface area contributed by atoms with Crippen LogP contribution in [0.25, 0.3) is 0 Å². The molecule has 1 fully saturated rings. The van der Waals surface area contributed by atoms with Gasteiger partial charge in [-0.15, -0.1) is 0 Å². The van der Waals surface area contributed by atoms with Crippen molar-refractivity contribution in [2.75, 3.05) is 31.6 Å². The van der Waals surface area contributed by atoms with Crippen LogP contribution in [0.1, 0.15) is 26.2 Å². The van der Waals surface area contributed by atoms with Gasteiger partial charge in [-0.05, 0) is 38.3 Å². The van der Waals surface area contributed by atoms with Gasteiger partial charge in [-0.1, -0.05) is 12.1 Å². The number of ether oxygens (including phenoxy) is 1. The first-order chi connectivity index (χ1) is 11.6. The molecule has 6 nitrogen and oxygen atoms in total. The zero-order valence-corrected chi connectivity index (χ0v) is 13.9. The Balaban J connectivity index is 1.86. The predicted molar refractivity (Wildman–Crippen MR) is 89.3 cm³/mol. The zero-order chi connectivity index (χ0) is 17.4. The van der Waals surface area contributed by atoms with E-state index in [-0.39, 0.29) is 11.6 Å². The van der Waals surface area contributed by atoms with Crippen LogP contribution in [0.4, 0.5) is 14.9 Å². The summed E-state index contributed by atoms with van der Waals surface area (Å²) in [6.45, 7) is 4.16. The summed E-state index contributed by atoms with van der Waals surface area (Å²) in [6.07, 6.45) is 2.09. The van der Waals surface area contributed by atoms with Crippen molar-refractivity contribution >= 4 is 17.6 Å². The lowest BCUT2D eigenvalue weighted by Crippen LogP contribution is -2.47. The number of hydrogen-bond acceptors (Lipinski definition) is 3. The van der Waals surface area contributed by atoms with Crippen molar-refractivity contribution < 1.29 is 18.7 Å². The van der Waals surface area contributed by atoms with E-state index >= 15 is 0 Å². The zero-order valence-electron chi connectivity index (χ0n) is 13.9. The summed E-state index contributed by atoms with van der Waals surface area (Å²) < 4.78 is 18.9. The van der Waals surface area contributed by atoms with Crippen molar-refractivity contribution in [3.63, 3.8) is 0 Å². The van der Waals surface area contributed by atoms with Gasteiger partial charge in [0.05, 0.1) is 5.69 Å². The molecule has 2 rings (SSSR count). The molecule has 1 aromatic carbocycles. The second-order valence-electron chi connectivity index (χ2n) is 5.60. The van der Waals surface area contributed by atoms with Gasteiger partial charge in [-0.25, -0.2) is 9.18 Å². The van der Waals surface area contributed by atoms with E-state index in [0.717, 1.165) is 12.8 Å². The Bertz CT molecular complexity index is 568. The first kappa shape index (κ1) is 18.2. The van der Waals surface area contributed by atoms with E-state index in [1.807, 2.05) is 6.92 Å². The minimum atomic E-state index is -0.510. The topological polar surface area (TPSA) is 70.7 Å². The second kappa shape index (κ2) is 9.22. The maximum absolute atomic E-state index is 13.6. The summed E-state index contributed by atoms with van der Waals surface area (Å²) in [5, 5.41) is 5.36. The third-order valence-electron chi connectivity index (χ3n) is 3.90. The fraction of sp³-hybridized carbons (Fsp3) is 0.529. The first-order valence-electron chi connectivity index (χ1n) is 8.31. The standard InChI is InChI=1S/C17H24FN3O3/c1-2-24-12-6-10-19-16(22)15-9-5-11-21(15)17(23)20-14-8-4-3-7-13(14)18/h3-4,7-8,15H,2,5-6,9-12H2,1H3,(H,19,22)(H,20,23)/t15-/m1/s1. The highest BCUT2D eigenvalue weighted by molar-refractivity contribution is 5.94. The van der Waals surface area contributed by atoms with Crippen LogP contribution in [0.2, 0.25) is 0 Å². The van der Waals surface area contributed by atoms with Crippen LogP contribution in [0.3, 0.4) is 0 Å². The van der Waals surface area contributed by atoms with Crippen LogP contribution in [0.15, 0.2) is 24.3 Å². The Labute approximate surface area is 141 Å². The smallest absolute Gasteiger partial charge is 0.322 e. The maximum Gasteiger partial charge on any atom is 0.322 e. The molecule has 7 heteroatoms. The van der Waals surface area contributed by atoms with Crippen LogP contribution in [0, 0.1) is 5.82 Å². The average molecular weight is 337 g/mol. The number of halogens is 1. The number of rotatable bonds is 7. The van der Waals surface area contributed by atoms with E-state index in [1.54, 1.807) is 12.1 Å². The Morgan fingerprint density at radius 3 is 2.92 bits per heavy atom. The molecule has 0 saturated carbocycles. The van der Waals surface area contributed by atoms with Gasteiger partial charge < -0.3 is 20.3 Å². The van der Waals surface area contributed by atoms with Crippen molar-refractivity contribution in [1.29, 1.82) is 0 Å². The monoisotopic (exact) mass is 337 g/mol. The van der Waals surface area contributed by atoms with Crippen LogP contribution in [-0.4, -0.2) is 49.2 Å². The lowest BCUT2D eigenvalue weighted by atomic mass is 10.2. The number of nitrogens with zero attached hydrogens (tertiary/aromatic N) is 1. The largest absolute Gasteiger partial charge is 0.382 e. The van der Waals surface area contributed by atoms with E-state index in [9.17, 15) is 14.0 Å². The molecule has 1 aromatic rings. The molecule has 0 unspecified atom stereocenters. The quantitative estimate of drug-likeness (QED) is 0.751. The van der Waals surface area contributed by atoms with Gasteiger partial charge in [0.25, 0.3) is 0 Å². The number of benzene rings is 1. The Hall–Kier alpha value is -2.15. The lowest BCUT2D eigenvalue weighted by molar-refractivity contribution is -0.124. The molecule has 0 spiro atoms. The van der Waals surface area contributed by atoms with Gasteiger partial charge in [0.2, 0.25) is 5.91 Å². The van der Waals surface area contributed by atoms with Crippen molar-refractivity contribution in [2.24, 2.45) is 0 Å². The molecule has 132 valence electrons. The summed E-state index contributed by atoms with van der Waals surface area (Å²) in [5.41, 5.74) is 0.116. The number of urea groups is 1. The molecular weight excluding hydrogens is 313 g/mol. The van der Waals surface area contributed by atoms with Crippen molar-refractivity contribution in [2.45, 2.75) is 32.2 Å². The summed E-state index contributed by atoms with van der Waals surface area (Å²) in [7, 11) is 0. The van der Waals surface area contributed by atoms with Gasteiger partial charge in [-0.3, -0.25) is 4.79 Å². The van der Waals surface area contributed by atoms with Gasteiger partial charge in [0.1, 0.15) is 11.9 Å². The molecule has 1 saturated heterocycles. The molecule has 1 heterocycles. The molecule has 24 heavy (non-hydrogen) atoms. The van der Waals surface area contributed by atoms with Crippen LogP contribution in [0.5, 0.6) is 0 Å². The molecule has 2 N–H and O–H groups in total. The highest BCUT2D eigenvalue weighted by Gasteiger charge is 2.34. The number of likely N-dealkylation sites (tertiary alicyclic amines) is 1. The minimum Gasteiger partial charge on any atom is -0.382 e. The van der Waals surface area contributed by atoms with Crippen LogP contribution < -0.4 is 10.6 Å².